The van der Waals surface area contributed by atoms with Gasteiger partial charge in [-0.05, 0) is 71.2 Å². The highest BCUT2D eigenvalue weighted by Gasteiger charge is 2.18. The Balaban J connectivity index is 2.41. The van der Waals surface area contributed by atoms with Crippen molar-refractivity contribution in [1.29, 1.82) is 0 Å². The predicted molar refractivity (Wildman–Crippen MR) is 88.6 cm³/mol. The maximum absolute atomic E-state index is 12.4. The lowest BCUT2D eigenvalue weighted by molar-refractivity contribution is 0.600. The fourth-order valence-corrected chi connectivity index (χ4v) is 4.56. The van der Waals surface area contributed by atoms with Crippen molar-refractivity contribution in [3.63, 3.8) is 0 Å². The first-order valence-electron chi connectivity index (χ1n) is 5.85. The summed E-state index contributed by atoms with van der Waals surface area (Å²) in [4.78, 5) is 0.227. The van der Waals surface area contributed by atoms with Crippen LogP contribution in [0.5, 0.6) is 0 Å². The Morgan fingerprint density at radius 1 is 1.00 bits per heavy atom. The zero-order chi connectivity index (χ0) is 14.9. The summed E-state index contributed by atoms with van der Waals surface area (Å²) in [5.41, 5.74) is 2.42. The van der Waals surface area contributed by atoms with Crippen LogP contribution in [-0.4, -0.2) is 8.42 Å². The van der Waals surface area contributed by atoms with Crippen LogP contribution in [0.3, 0.4) is 0 Å². The van der Waals surface area contributed by atoms with Gasteiger partial charge in [0.1, 0.15) is 4.90 Å². The highest BCUT2D eigenvalue weighted by atomic mass is 79.9. The Morgan fingerprint density at radius 3 is 2.30 bits per heavy atom. The third-order valence-electron chi connectivity index (χ3n) is 2.81. The minimum Gasteiger partial charge on any atom is -0.279 e. The topological polar surface area (TPSA) is 46.2 Å². The molecule has 0 amide bonds. The van der Waals surface area contributed by atoms with Gasteiger partial charge in [0.15, 0.2) is 0 Å². The quantitative estimate of drug-likeness (QED) is 0.789. The molecule has 0 aliphatic rings. The van der Waals surface area contributed by atoms with Gasteiger partial charge in [-0.15, -0.1) is 0 Å². The average Bonchev–Trinajstić information content (AvgIpc) is 2.32. The first-order chi connectivity index (χ1) is 9.29. The number of benzene rings is 2. The molecule has 0 aliphatic heterocycles. The first-order valence-corrected chi connectivity index (χ1v) is 8.91. The molecule has 0 bridgehead atoms. The molecule has 2 rings (SSSR count). The number of rotatable bonds is 3. The average molecular weight is 419 g/mol. The minimum absolute atomic E-state index is 0.227. The molecule has 0 radical (unpaired) electrons. The lowest BCUT2D eigenvalue weighted by atomic mass is 10.2. The van der Waals surface area contributed by atoms with Crippen LogP contribution in [0.15, 0.2) is 50.2 Å². The monoisotopic (exact) mass is 417 g/mol. The fourth-order valence-electron chi connectivity index (χ4n) is 1.77. The first kappa shape index (κ1) is 15.5. The van der Waals surface area contributed by atoms with E-state index >= 15 is 0 Å². The van der Waals surface area contributed by atoms with Crippen molar-refractivity contribution in [1.82, 2.24) is 0 Å². The van der Waals surface area contributed by atoms with E-state index in [1.54, 1.807) is 30.3 Å². The van der Waals surface area contributed by atoms with Crippen LogP contribution in [0.25, 0.3) is 0 Å². The Morgan fingerprint density at radius 2 is 1.70 bits per heavy atom. The van der Waals surface area contributed by atoms with Crippen molar-refractivity contribution in [3.8, 4) is 0 Å². The SMILES string of the molecule is Cc1ccc(S(=O)(=O)Nc2ccc(Br)cc2C)c(Br)c1. The number of aryl methyl sites for hydroxylation is 2. The molecule has 1 N–H and O–H groups in total. The summed E-state index contributed by atoms with van der Waals surface area (Å²) in [5, 5.41) is 0. The minimum atomic E-state index is -3.61. The van der Waals surface area contributed by atoms with Crippen LogP contribution in [0, 0.1) is 13.8 Å². The number of sulfonamides is 1. The van der Waals surface area contributed by atoms with Crippen LogP contribution in [0.4, 0.5) is 5.69 Å². The van der Waals surface area contributed by atoms with Crippen molar-refractivity contribution < 1.29 is 8.42 Å². The summed E-state index contributed by atoms with van der Waals surface area (Å²) in [6.07, 6.45) is 0. The number of anilines is 1. The molecule has 106 valence electrons. The number of halogens is 2. The molecule has 0 aromatic heterocycles. The highest BCUT2D eigenvalue weighted by Crippen LogP contribution is 2.27. The molecule has 0 atom stereocenters. The predicted octanol–water partition coefficient (Wildman–Crippen LogP) is 4.63. The second-order valence-electron chi connectivity index (χ2n) is 4.50. The maximum atomic E-state index is 12.4. The largest absolute Gasteiger partial charge is 0.279 e. The molecule has 0 saturated carbocycles. The highest BCUT2D eigenvalue weighted by molar-refractivity contribution is 9.10. The van der Waals surface area contributed by atoms with E-state index in [4.69, 9.17) is 0 Å². The van der Waals surface area contributed by atoms with E-state index < -0.39 is 10.0 Å². The summed E-state index contributed by atoms with van der Waals surface area (Å²) in [5.74, 6) is 0. The van der Waals surface area contributed by atoms with Crippen molar-refractivity contribution >= 4 is 47.6 Å². The number of hydrogen-bond donors (Lipinski definition) is 1. The molecule has 0 heterocycles. The van der Waals surface area contributed by atoms with Crippen molar-refractivity contribution in [2.24, 2.45) is 0 Å². The van der Waals surface area contributed by atoms with E-state index in [0.717, 1.165) is 15.6 Å². The van der Waals surface area contributed by atoms with Gasteiger partial charge in [-0.2, -0.15) is 0 Å². The molecule has 0 fully saturated rings. The van der Waals surface area contributed by atoms with Gasteiger partial charge in [-0.3, -0.25) is 4.72 Å². The van der Waals surface area contributed by atoms with E-state index in [9.17, 15) is 8.42 Å². The van der Waals surface area contributed by atoms with Gasteiger partial charge >= 0.3 is 0 Å². The van der Waals surface area contributed by atoms with E-state index in [1.165, 1.54) is 0 Å². The molecule has 0 aliphatic carbocycles. The molecule has 2 aromatic carbocycles. The molecule has 0 unspecified atom stereocenters. The number of nitrogens with one attached hydrogen (secondary N) is 1. The molecule has 0 saturated heterocycles. The molecule has 2 aromatic rings. The lowest BCUT2D eigenvalue weighted by Gasteiger charge is -2.12. The van der Waals surface area contributed by atoms with Gasteiger partial charge in [0.25, 0.3) is 10.0 Å². The van der Waals surface area contributed by atoms with Crippen LogP contribution >= 0.6 is 31.9 Å². The summed E-state index contributed by atoms with van der Waals surface area (Å²) in [6.45, 7) is 3.76. The van der Waals surface area contributed by atoms with Crippen LogP contribution in [-0.2, 0) is 10.0 Å². The van der Waals surface area contributed by atoms with Crippen molar-refractivity contribution in [3.05, 3.63) is 56.5 Å². The molecular formula is C14H13Br2NO2S. The Kier molecular flexibility index (Phi) is 4.56. The second-order valence-corrected chi connectivity index (χ2v) is 7.92. The third kappa shape index (κ3) is 3.42. The van der Waals surface area contributed by atoms with E-state index in [2.05, 4.69) is 36.6 Å². The molecular weight excluding hydrogens is 406 g/mol. The number of hydrogen-bond acceptors (Lipinski definition) is 2. The van der Waals surface area contributed by atoms with Crippen molar-refractivity contribution in [2.75, 3.05) is 4.72 Å². The molecule has 0 spiro atoms. The summed E-state index contributed by atoms with van der Waals surface area (Å²) in [6, 6.07) is 10.5. The molecule has 20 heavy (non-hydrogen) atoms. The van der Waals surface area contributed by atoms with Crippen molar-refractivity contribution in [2.45, 2.75) is 18.7 Å². The summed E-state index contributed by atoms with van der Waals surface area (Å²) >= 11 is 6.66. The zero-order valence-electron chi connectivity index (χ0n) is 10.9. The van der Waals surface area contributed by atoms with Crippen LogP contribution in [0.1, 0.15) is 11.1 Å². The van der Waals surface area contributed by atoms with E-state index in [1.807, 2.05) is 19.9 Å². The third-order valence-corrected chi connectivity index (χ3v) is 5.65. The fraction of sp³-hybridized carbons (Fsp3) is 0.143. The zero-order valence-corrected chi connectivity index (χ0v) is 14.9. The normalized spacial score (nSPS) is 11.4. The van der Waals surface area contributed by atoms with Gasteiger partial charge in [0.2, 0.25) is 0 Å². The standard InChI is InChI=1S/C14H13Br2NO2S/c1-9-3-6-14(12(16)7-9)20(18,19)17-13-5-4-11(15)8-10(13)2/h3-8,17H,1-2H3. The van der Waals surface area contributed by atoms with Gasteiger partial charge in [0.05, 0.1) is 5.69 Å². The Hall–Kier alpha value is -0.850. The smallest absolute Gasteiger partial charge is 0.263 e. The van der Waals surface area contributed by atoms with Crippen LogP contribution in [0.2, 0.25) is 0 Å². The van der Waals surface area contributed by atoms with Gasteiger partial charge in [-0.1, -0.05) is 22.0 Å². The van der Waals surface area contributed by atoms with Crippen LogP contribution < -0.4 is 4.72 Å². The second kappa shape index (κ2) is 5.87. The van der Waals surface area contributed by atoms with E-state index in [0.29, 0.717) is 10.2 Å². The van der Waals surface area contributed by atoms with Gasteiger partial charge in [-0.25, -0.2) is 8.42 Å². The summed E-state index contributed by atoms with van der Waals surface area (Å²) in [7, 11) is -3.61. The maximum Gasteiger partial charge on any atom is 0.263 e. The molecule has 3 nitrogen and oxygen atoms in total. The lowest BCUT2D eigenvalue weighted by Crippen LogP contribution is -2.14. The summed E-state index contributed by atoms with van der Waals surface area (Å²) < 4.78 is 28.9. The Labute approximate surface area is 135 Å². The Bertz CT molecular complexity index is 758. The van der Waals surface area contributed by atoms with Gasteiger partial charge < -0.3 is 0 Å². The van der Waals surface area contributed by atoms with Gasteiger partial charge in [0, 0.05) is 8.95 Å². The molecule has 6 heteroatoms. The van der Waals surface area contributed by atoms with E-state index in [-0.39, 0.29) is 4.90 Å².